The third kappa shape index (κ3) is 1.74. The first-order chi connectivity index (χ1) is 7.58. The van der Waals surface area contributed by atoms with Crippen LogP contribution in [0.1, 0.15) is 24.5 Å². The van der Waals surface area contributed by atoms with Gasteiger partial charge in [0, 0.05) is 18.6 Å². The number of methoxy groups -OCH3 is 1. The summed E-state index contributed by atoms with van der Waals surface area (Å²) < 4.78 is 18.3. The molecule has 2 N–H and O–H groups in total. The van der Waals surface area contributed by atoms with Gasteiger partial charge < -0.3 is 10.5 Å². The van der Waals surface area contributed by atoms with E-state index >= 15 is 0 Å². The fraction of sp³-hybridized carbons (Fsp3) is 0.538. The van der Waals surface area contributed by atoms with E-state index in [0.717, 1.165) is 24.0 Å². The lowest BCUT2D eigenvalue weighted by molar-refractivity contribution is 0.114. The van der Waals surface area contributed by atoms with E-state index < -0.39 is 0 Å². The van der Waals surface area contributed by atoms with E-state index in [1.165, 1.54) is 6.07 Å². The molecule has 0 heterocycles. The first kappa shape index (κ1) is 11.6. The van der Waals surface area contributed by atoms with Crippen LogP contribution in [0.4, 0.5) is 4.39 Å². The van der Waals surface area contributed by atoms with Crippen LogP contribution in [-0.2, 0) is 16.7 Å². The Balaban J connectivity index is 2.34. The van der Waals surface area contributed by atoms with Crippen molar-refractivity contribution >= 4 is 0 Å². The summed E-state index contributed by atoms with van der Waals surface area (Å²) in [5.41, 5.74) is 8.21. The average Bonchev–Trinajstić information content (AvgIpc) is 2.58. The molecule has 0 bridgehead atoms. The summed E-state index contributed by atoms with van der Waals surface area (Å²) in [5.74, 6) is 0.0617. The summed E-state index contributed by atoms with van der Waals surface area (Å²) in [7, 11) is 1.68. The Morgan fingerprint density at radius 2 is 2.31 bits per heavy atom. The van der Waals surface area contributed by atoms with Gasteiger partial charge in [0.15, 0.2) is 0 Å². The fourth-order valence-electron chi connectivity index (χ4n) is 2.61. The molecule has 1 aromatic rings. The predicted octanol–water partition coefficient (Wildman–Crippen LogP) is 2.21. The number of rotatable bonds is 3. The standard InChI is InChI=1S/C13H18FNO/c1-9(8-16-2)13(15)6-5-10-7-11(14)3-4-12(10)13/h3-4,7,9H,5-6,8,15H2,1-2H3. The molecule has 0 spiro atoms. The molecule has 1 aliphatic carbocycles. The van der Waals surface area contributed by atoms with Gasteiger partial charge in [0.1, 0.15) is 5.82 Å². The van der Waals surface area contributed by atoms with Crippen molar-refractivity contribution < 1.29 is 9.13 Å². The molecular weight excluding hydrogens is 205 g/mol. The second-order valence-corrected chi connectivity index (χ2v) is 4.70. The number of halogens is 1. The van der Waals surface area contributed by atoms with Crippen molar-refractivity contribution in [2.45, 2.75) is 25.3 Å². The zero-order chi connectivity index (χ0) is 11.8. The highest BCUT2D eigenvalue weighted by atomic mass is 19.1. The number of hydrogen-bond donors (Lipinski definition) is 1. The Labute approximate surface area is 95.6 Å². The summed E-state index contributed by atoms with van der Waals surface area (Å²) in [6, 6.07) is 4.92. The Kier molecular flexibility index (Phi) is 3.00. The number of nitrogens with two attached hydrogens (primary N) is 1. The SMILES string of the molecule is COCC(C)C1(N)CCc2cc(F)ccc21. The van der Waals surface area contributed by atoms with Crippen molar-refractivity contribution in [3.8, 4) is 0 Å². The Morgan fingerprint density at radius 3 is 3.00 bits per heavy atom. The third-order valence-corrected chi connectivity index (χ3v) is 3.67. The summed E-state index contributed by atoms with van der Waals surface area (Å²) in [6.07, 6.45) is 1.73. The van der Waals surface area contributed by atoms with Crippen molar-refractivity contribution in [2.24, 2.45) is 11.7 Å². The van der Waals surface area contributed by atoms with E-state index in [1.54, 1.807) is 13.2 Å². The van der Waals surface area contributed by atoms with Gasteiger partial charge in [0.2, 0.25) is 0 Å². The summed E-state index contributed by atoms with van der Waals surface area (Å²) >= 11 is 0. The molecule has 0 aromatic heterocycles. The molecule has 1 aliphatic rings. The van der Waals surface area contributed by atoms with Crippen LogP contribution in [0.3, 0.4) is 0 Å². The molecule has 0 saturated carbocycles. The van der Waals surface area contributed by atoms with Gasteiger partial charge in [-0.3, -0.25) is 0 Å². The van der Waals surface area contributed by atoms with Crippen LogP contribution in [0.2, 0.25) is 0 Å². The molecule has 1 aromatic carbocycles. The zero-order valence-corrected chi connectivity index (χ0v) is 9.79. The number of aryl methyl sites for hydroxylation is 1. The Bertz CT molecular complexity index is 394. The molecule has 2 rings (SSSR count). The monoisotopic (exact) mass is 223 g/mol. The van der Waals surface area contributed by atoms with Crippen molar-refractivity contribution in [1.29, 1.82) is 0 Å². The molecule has 3 heteroatoms. The normalized spacial score (nSPS) is 25.5. The first-order valence-corrected chi connectivity index (χ1v) is 5.64. The van der Waals surface area contributed by atoms with Crippen LogP contribution >= 0.6 is 0 Å². The molecule has 2 nitrogen and oxygen atoms in total. The molecule has 0 fully saturated rings. The summed E-state index contributed by atoms with van der Waals surface area (Å²) in [4.78, 5) is 0. The second-order valence-electron chi connectivity index (χ2n) is 4.70. The summed E-state index contributed by atoms with van der Waals surface area (Å²) in [5, 5.41) is 0. The lowest BCUT2D eigenvalue weighted by Gasteiger charge is -2.32. The van der Waals surface area contributed by atoms with Crippen molar-refractivity contribution in [3.63, 3.8) is 0 Å². The van der Waals surface area contributed by atoms with Crippen LogP contribution in [0.5, 0.6) is 0 Å². The van der Waals surface area contributed by atoms with E-state index in [-0.39, 0.29) is 17.3 Å². The zero-order valence-electron chi connectivity index (χ0n) is 9.79. The van der Waals surface area contributed by atoms with E-state index in [1.807, 2.05) is 6.07 Å². The molecule has 0 radical (unpaired) electrons. The highest BCUT2D eigenvalue weighted by Crippen LogP contribution is 2.40. The van der Waals surface area contributed by atoms with Crippen LogP contribution < -0.4 is 5.73 Å². The lowest BCUT2D eigenvalue weighted by atomic mass is 9.81. The van der Waals surface area contributed by atoms with Gasteiger partial charge in [-0.15, -0.1) is 0 Å². The maximum Gasteiger partial charge on any atom is 0.123 e. The van der Waals surface area contributed by atoms with Crippen LogP contribution in [0, 0.1) is 11.7 Å². The molecule has 2 atom stereocenters. The largest absolute Gasteiger partial charge is 0.384 e. The minimum absolute atomic E-state index is 0.178. The molecular formula is C13H18FNO. The minimum Gasteiger partial charge on any atom is -0.384 e. The quantitative estimate of drug-likeness (QED) is 0.852. The van der Waals surface area contributed by atoms with Crippen molar-refractivity contribution in [2.75, 3.05) is 13.7 Å². The highest BCUT2D eigenvalue weighted by Gasteiger charge is 2.39. The average molecular weight is 223 g/mol. The predicted molar refractivity (Wildman–Crippen MR) is 61.6 cm³/mol. The molecule has 16 heavy (non-hydrogen) atoms. The minimum atomic E-state index is -0.362. The maximum absolute atomic E-state index is 13.1. The number of benzene rings is 1. The van der Waals surface area contributed by atoms with E-state index in [2.05, 4.69) is 6.92 Å². The lowest BCUT2D eigenvalue weighted by Crippen LogP contribution is -2.42. The van der Waals surface area contributed by atoms with Gasteiger partial charge in [0.25, 0.3) is 0 Å². The Hall–Kier alpha value is -0.930. The van der Waals surface area contributed by atoms with Gasteiger partial charge >= 0.3 is 0 Å². The van der Waals surface area contributed by atoms with E-state index in [9.17, 15) is 4.39 Å². The van der Waals surface area contributed by atoms with Crippen LogP contribution in [0.25, 0.3) is 0 Å². The van der Waals surface area contributed by atoms with Crippen LogP contribution in [-0.4, -0.2) is 13.7 Å². The molecule has 0 amide bonds. The number of ether oxygens (including phenoxy) is 1. The molecule has 0 aliphatic heterocycles. The smallest absolute Gasteiger partial charge is 0.123 e. The summed E-state index contributed by atoms with van der Waals surface area (Å²) in [6.45, 7) is 2.72. The van der Waals surface area contributed by atoms with Gasteiger partial charge in [-0.2, -0.15) is 0 Å². The molecule has 2 unspecified atom stereocenters. The van der Waals surface area contributed by atoms with E-state index in [4.69, 9.17) is 10.5 Å². The fourth-order valence-corrected chi connectivity index (χ4v) is 2.61. The van der Waals surface area contributed by atoms with Gasteiger partial charge in [-0.05, 0) is 36.1 Å². The maximum atomic E-state index is 13.1. The van der Waals surface area contributed by atoms with Crippen LogP contribution in [0.15, 0.2) is 18.2 Å². The van der Waals surface area contributed by atoms with E-state index in [0.29, 0.717) is 6.61 Å². The molecule has 0 saturated heterocycles. The number of hydrogen-bond acceptors (Lipinski definition) is 2. The van der Waals surface area contributed by atoms with Crippen molar-refractivity contribution in [1.82, 2.24) is 0 Å². The molecule has 88 valence electrons. The second kappa shape index (κ2) is 4.15. The Morgan fingerprint density at radius 1 is 1.56 bits per heavy atom. The van der Waals surface area contributed by atoms with Gasteiger partial charge in [0.05, 0.1) is 6.61 Å². The number of fused-ring (bicyclic) bond motifs is 1. The topological polar surface area (TPSA) is 35.2 Å². The van der Waals surface area contributed by atoms with Gasteiger partial charge in [-0.1, -0.05) is 13.0 Å². The highest BCUT2D eigenvalue weighted by molar-refractivity contribution is 5.39. The third-order valence-electron chi connectivity index (χ3n) is 3.67. The van der Waals surface area contributed by atoms with Gasteiger partial charge in [-0.25, -0.2) is 4.39 Å². The van der Waals surface area contributed by atoms with Crippen molar-refractivity contribution in [3.05, 3.63) is 35.1 Å². The first-order valence-electron chi connectivity index (χ1n) is 5.64.